The van der Waals surface area contributed by atoms with Gasteiger partial charge in [0.1, 0.15) is 5.75 Å². The van der Waals surface area contributed by atoms with Crippen LogP contribution >= 0.6 is 23.2 Å². The summed E-state index contributed by atoms with van der Waals surface area (Å²) in [5, 5.41) is 12.3. The van der Waals surface area contributed by atoms with Crippen LogP contribution in [0.3, 0.4) is 0 Å². The summed E-state index contributed by atoms with van der Waals surface area (Å²) in [7, 11) is 0. The van der Waals surface area contributed by atoms with Crippen LogP contribution in [0.15, 0.2) is 48.5 Å². The summed E-state index contributed by atoms with van der Waals surface area (Å²) in [6, 6.07) is 14.7. The van der Waals surface area contributed by atoms with E-state index in [2.05, 4.69) is 38.3 Å². The maximum atomic E-state index is 13.3. The normalized spacial score (nSPS) is 12.9. The van der Waals surface area contributed by atoms with Crippen molar-refractivity contribution in [3.05, 3.63) is 69.8 Å². The molecule has 8 heteroatoms. The second-order valence-corrected chi connectivity index (χ2v) is 9.31. The van der Waals surface area contributed by atoms with Crippen molar-refractivity contribution in [3.63, 3.8) is 0 Å². The molecule has 34 heavy (non-hydrogen) atoms. The predicted molar refractivity (Wildman–Crippen MR) is 138 cm³/mol. The minimum Gasteiger partial charge on any atom is -0.439 e. The van der Waals surface area contributed by atoms with E-state index >= 15 is 0 Å². The molecule has 182 valence electrons. The monoisotopic (exact) mass is 502 g/mol. The Kier molecular flexibility index (Phi) is 9.39. The fraction of sp³-hybridized carbons (Fsp3) is 0.385. The van der Waals surface area contributed by atoms with Gasteiger partial charge in [0.05, 0.1) is 16.3 Å². The summed E-state index contributed by atoms with van der Waals surface area (Å²) >= 11 is 12.6. The summed E-state index contributed by atoms with van der Waals surface area (Å²) in [6.07, 6.45) is 1.92. The SMILES string of the molecule is CCC(C)CNC(=O)c1nn(-c2ccccc2Cl)c(Oc2ccc(Cl)cc2)c1CNC(C)CC. The van der Waals surface area contributed by atoms with Gasteiger partial charge < -0.3 is 15.4 Å². The lowest BCUT2D eigenvalue weighted by molar-refractivity contribution is 0.0941. The number of carbonyl (C=O) groups is 1. The summed E-state index contributed by atoms with van der Waals surface area (Å²) in [5.74, 6) is 1.13. The van der Waals surface area contributed by atoms with Crippen molar-refractivity contribution < 1.29 is 9.53 Å². The van der Waals surface area contributed by atoms with Crippen molar-refractivity contribution in [2.24, 2.45) is 5.92 Å². The summed E-state index contributed by atoms with van der Waals surface area (Å²) in [4.78, 5) is 13.3. The smallest absolute Gasteiger partial charge is 0.272 e. The highest BCUT2D eigenvalue weighted by molar-refractivity contribution is 6.32. The molecule has 2 atom stereocenters. The van der Waals surface area contributed by atoms with E-state index in [-0.39, 0.29) is 11.9 Å². The second kappa shape index (κ2) is 12.2. The Balaban J connectivity index is 2.12. The quantitative estimate of drug-likeness (QED) is 0.308. The average molecular weight is 503 g/mol. The van der Waals surface area contributed by atoms with Gasteiger partial charge in [-0.05, 0) is 55.7 Å². The zero-order valence-electron chi connectivity index (χ0n) is 20.1. The third-order valence-corrected chi connectivity index (χ3v) is 6.38. The maximum absolute atomic E-state index is 13.3. The van der Waals surface area contributed by atoms with E-state index in [0.29, 0.717) is 57.6 Å². The molecule has 2 aromatic carbocycles. The predicted octanol–water partition coefficient (Wildman–Crippen LogP) is 6.64. The lowest BCUT2D eigenvalue weighted by Crippen LogP contribution is -2.30. The molecule has 6 nitrogen and oxygen atoms in total. The Labute approximate surface area is 211 Å². The first kappa shape index (κ1) is 26.1. The topological polar surface area (TPSA) is 68.2 Å². The van der Waals surface area contributed by atoms with Crippen LogP contribution in [-0.2, 0) is 6.54 Å². The molecule has 3 rings (SSSR count). The molecule has 1 aromatic heterocycles. The van der Waals surface area contributed by atoms with Gasteiger partial charge in [-0.1, -0.05) is 62.5 Å². The van der Waals surface area contributed by atoms with E-state index < -0.39 is 0 Å². The second-order valence-electron chi connectivity index (χ2n) is 8.47. The highest BCUT2D eigenvalue weighted by Gasteiger charge is 2.27. The van der Waals surface area contributed by atoms with Gasteiger partial charge in [0.25, 0.3) is 5.91 Å². The molecular weight excluding hydrogens is 471 g/mol. The number of nitrogens with one attached hydrogen (secondary N) is 2. The largest absolute Gasteiger partial charge is 0.439 e. The number of ether oxygens (including phenoxy) is 1. The number of benzene rings is 2. The molecule has 0 saturated carbocycles. The molecule has 0 bridgehead atoms. The molecule has 0 aliphatic heterocycles. The van der Waals surface area contributed by atoms with Crippen LogP contribution in [0.2, 0.25) is 10.0 Å². The van der Waals surface area contributed by atoms with Crippen molar-refractivity contribution in [3.8, 4) is 17.3 Å². The van der Waals surface area contributed by atoms with Crippen LogP contribution in [-0.4, -0.2) is 28.3 Å². The van der Waals surface area contributed by atoms with E-state index in [1.54, 1.807) is 35.0 Å². The van der Waals surface area contributed by atoms with Crippen LogP contribution in [0.5, 0.6) is 11.6 Å². The molecule has 0 radical (unpaired) electrons. The lowest BCUT2D eigenvalue weighted by atomic mass is 10.1. The first-order chi connectivity index (χ1) is 16.3. The molecule has 2 N–H and O–H groups in total. The zero-order chi connectivity index (χ0) is 24.7. The molecule has 2 unspecified atom stereocenters. The molecule has 0 aliphatic carbocycles. The fourth-order valence-corrected chi connectivity index (χ4v) is 3.54. The molecule has 1 heterocycles. The molecule has 0 saturated heterocycles. The van der Waals surface area contributed by atoms with Crippen LogP contribution in [0.4, 0.5) is 0 Å². The number of amides is 1. The molecule has 0 fully saturated rings. The van der Waals surface area contributed by atoms with E-state index in [4.69, 9.17) is 33.0 Å². The van der Waals surface area contributed by atoms with Crippen LogP contribution < -0.4 is 15.4 Å². The average Bonchev–Trinajstić information content (AvgIpc) is 3.20. The van der Waals surface area contributed by atoms with E-state index in [1.807, 2.05) is 18.2 Å². The number of aromatic nitrogens is 2. The first-order valence-electron chi connectivity index (χ1n) is 11.7. The molecule has 0 aliphatic rings. The molecule has 1 amide bonds. The zero-order valence-corrected chi connectivity index (χ0v) is 21.6. The molecule has 0 spiro atoms. The lowest BCUT2D eigenvalue weighted by Gasteiger charge is -2.15. The number of carbonyl (C=O) groups excluding carboxylic acids is 1. The summed E-state index contributed by atoms with van der Waals surface area (Å²) < 4.78 is 7.91. The minimum absolute atomic E-state index is 0.243. The summed E-state index contributed by atoms with van der Waals surface area (Å²) in [5.41, 5.74) is 1.60. The van der Waals surface area contributed by atoms with E-state index in [9.17, 15) is 4.79 Å². The van der Waals surface area contributed by atoms with Crippen LogP contribution in [0, 0.1) is 5.92 Å². The number of halogens is 2. The first-order valence-corrected chi connectivity index (χ1v) is 12.4. The van der Waals surface area contributed by atoms with Gasteiger partial charge >= 0.3 is 0 Å². The number of hydrogen-bond acceptors (Lipinski definition) is 4. The Morgan fingerprint density at radius 3 is 2.41 bits per heavy atom. The Morgan fingerprint density at radius 2 is 1.76 bits per heavy atom. The molecular formula is C26H32Cl2N4O2. The fourth-order valence-electron chi connectivity index (χ4n) is 3.20. The van der Waals surface area contributed by atoms with Crippen molar-refractivity contribution in [2.45, 2.75) is 53.1 Å². The van der Waals surface area contributed by atoms with Gasteiger partial charge in [-0.3, -0.25) is 4.79 Å². The van der Waals surface area contributed by atoms with Crippen molar-refractivity contribution in [1.82, 2.24) is 20.4 Å². The van der Waals surface area contributed by atoms with Gasteiger partial charge in [0.15, 0.2) is 5.69 Å². The number of para-hydroxylation sites is 1. The Morgan fingerprint density at radius 1 is 1.06 bits per heavy atom. The minimum atomic E-state index is -0.243. The molecule has 3 aromatic rings. The van der Waals surface area contributed by atoms with E-state index in [1.165, 1.54) is 0 Å². The summed E-state index contributed by atoms with van der Waals surface area (Å²) in [6.45, 7) is 9.39. The third-order valence-electron chi connectivity index (χ3n) is 5.81. The van der Waals surface area contributed by atoms with Gasteiger partial charge in [-0.25, -0.2) is 0 Å². The van der Waals surface area contributed by atoms with Crippen molar-refractivity contribution in [2.75, 3.05) is 6.54 Å². The van der Waals surface area contributed by atoms with Crippen molar-refractivity contribution >= 4 is 29.1 Å². The van der Waals surface area contributed by atoms with Crippen LogP contribution in [0.25, 0.3) is 5.69 Å². The highest BCUT2D eigenvalue weighted by Crippen LogP contribution is 2.33. The standard InChI is InChI=1S/C26H32Cl2N4O2/c1-5-17(3)15-30-25(33)24-21(16-29-18(4)6-2)26(34-20-13-11-19(27)12-14-20)32(31-24)23-10-8-7-9-22(23)28/h7-14,17-18,29H,5-6,15-16H2,1-4H3,(H,30,33). The highest BCUT2D eigenvalue weighted by atomic mass is 35.5. The van der Waals surface area contributed by atoms with Gasteiger partial charge in [0, 0.05) is 24.2 Å². The number of hydrogen-bond donors (Lipinski definition) is 2. The number of nitrogens with zero attached hydrogens (tertiary/aromatic N) is 2. The van der Waals surface area contributed by atoms with Crippen LogP contribution in [0.1, 0.15) is 56.6 Å². The van der Waals surface area contributed by atoms with Gasteiger partial charge in [-0.2, -0.15) is 9.78 Å². The van der Waals surface area contributed by atoms with E-state index in [0.717, 1.165) is 12.8 Å². The van der Waals surface area contributed by atoms with Crippen molar-refractivity contribution in [1.29, 1.82) is 0 Å². The maximum Gasteiger partial charge on any atom is 0.272 e. The third kappa shape index (κ3) is 6.53. The Bertz CT molecular complexity index is 1100. The van der Waals surface area contributed by atoms with Gasteiger partial charge in [-0.15, -0.1) is 0 Å². The Hall–Kier alpha value is -2.54. The number of rotatable bonds is 11. The van der Waals surface area contributed by atoms with Gasteiger partial charge in [0.2, 0.25) is 5.88 Å².